The third kappa shape index (κ3) is 5.53. The molecule has 4 rings (SSSR count). The van der Waals surface area contributed by atoms with E-state index in [9.17, 15) is 14.7 Å². The van der Waals surface area contributed by atoms with E-state index in [1.54, 1.807) is 61.9 Å². The SMILES string of the molecule is COc1ccc(OCC(O)Cn2c(NN=Cc3ccc(Cl)cc3)nc3c2c(=O)[nH]c(=O)n3C)cc1. The minimum Gasteiger partial charge on any atom is -0.497 e. The van der Waals surface area contributed by atoms with Crippen LogP contribution in [0.25, 0.3) is 11.2 Å². The lowest BCUT2D eigenvalue weighted by Crippen LogP contribution is -2.30. The highest BCUT2D eigenvalue weighted by molar-refractivity contribution is 6.30. The molecule has 2 aromatic heterocycles. The maximum atomic E-state index is 12.6. The number of aliphatic hydroxyl groups excluding tert-OH is 1. The molecule has 1 atom stereocenters. The van der Waals surface area contributed by atoms with Gasteiger partial charge in [0, 0.05) is 12.1 Å². The molecule has 1 unspecified atom stereocenters. The minimum atomic E-state index is -1.01. The molecule has 182 valence electrons. The van der Waals surface area contributed by atoms with Gasteiger partial charge in [-0.1, -0.05) is 23.7 Å². The predicted molar refractivity (Wildman–Crippen MR) is 133 cm³/mol. The van der Waals surface area contributed by atoms with Crippen LogP contribution in [0.15, 0.2) is 63.2 Å². The standard InChI is InChI=1S/C23H23ClN6O5/c1-29-20-19(21(32)27-23(29)33)30(12-16(31)13-35-18-9-7-17(34-2)8-10-18)22(26-20)28-25-11-14-3-5-15(24)6-4-14/h3-11,16,31H,12-13H2,1-2H3,(H,26,28)(H,27,32,33). The van der Waals surface area contributed by atoms with Crippen LogP contribution in [-0.4, -0.2) is 50.2 Å². The number of imidazole rings is 1. The first kappa shape index (κ1) is 24.0. The van der Waals surface area contributed by atoms with Gasteiger partial charge in [0.15, 0.2) is 11.2 Å². The Balaban J connectivity index is 1.58. The molecule has 12 heteroatoms. The number of hydrogen-bond acceptors (Lipinski definition) is 8. The van der Waals surface area contributed by atoms with Crippen LogP contribution in [0.5, 0.6) is 11.5 Å². The molecule has 2 aromatic carbocycles. The van der Waals surface area contributed by atoms with Crippen molar-refractivity contribution < 1.29 is 14.6 Å². The van der Waals surface area contributed by atoms with Gasteiger partial charge in [-0.05, 0) is 42.0 Å². The number of methoxy groups -OCH3 is 1. The summed E-state index contributed by atoms with van der Waals surface area (Å²) in [7, 11) is 3.06. The number of aliphatic hydroxyl groups is 1. The Hall–Kier alpha value is -4.09. The molecule has 4 aromatic rings. The normalized spacial score (nSPS) is 12.2. The van der Waals surface area contributed by atoms with Crippen molar-refractivity contribution in [1.82, 2.24) is 19.1 Å². The van der Waals surface area contributed by atoms with Gasteiger partial charge in [-0.25, -0.2) is 10.2 Å². The zero-order chi connectivity index (χ0) is 24.9. The third-order valence-corrected chi connectivity index (χ3v) is 5.40. The van der Waals surface area contributed by atoms with E-state index in [1.165, 1.54) is 16.2 Å². The number of halogens is 1. The Kier molecular flexibility index (Phi) is 7.18. The third-order valence-electron chi connectivity index (χ3n) is 5.15. The highest BCUT2D eigenvalue weighted by Gasteiger charge is 2.20. The molecule has 0 spiro atoms. The van der Waals surface area contributed by atoms with Crippen LogP contribution >= 0.6 is 11.6 Å². The summed E-state index contributed by atoms with van der Waals surface area (Å²) in [5, 5.41) is 15.4. The zero-order valence-corrected chi connectivity index (χ0v) is 19.7. The number of benzene rings is 2. The van der Waals surface area contributed by atoms with Gasteiger partial charge >= 0.3 is 5.69 Å². The number of rotatable bonds is 9. The fraction of sp³-hybridized carbons (Fsp3) is 0.217. The average molecular weight is 499 g/mol. The summed E-state index contributed by atoms with van der Waals surface area (Å²) in [5.74, 6) is 1.40. The van der Waals surface area contributed by atoms with Crippen molar-refractivity contribution in [3.05, 3.63) is 80.0 Å². The number of aromatic nitrogens is 4. The highest BCUT2D eigenvalue weighted by atomic mass is 35.5. The molecule has 0 saturated heterocycles. The van der Waals surface area contributed by atoms with E-state index in [0.29, 0.717) is 16.5 Å². The fourth-order valence-corrected chi connectivity index (χ4v) is 3.46. The van der Waals surface area contributed by atoms with E-state index in [1.807, 2.05) is 0 Å². The number of anilines is 1. The van der Waals surface area contributed by atoms with Gasteiger partial charge in [0.2, 0.25) is 5.95 Å². The van der Waals surface area contributed by atoms with Crippen LogP contribution in [0.4, 0.5) is 5.95 Å². The number of ether oxygens (including phenoxy) is 2. The van der Waals surface area contributed by atoms with Crippen molar-refractivity contribution in [3.8, 4) is 11.5 Å². The minimum absolute atomic E-state index is 0.0489. The molecule has 0 aliphatic carbocycles. The molecule has 0 saturated carbocycles. The highest BCUT2D eigenvalue weighted by Crippen LogP contribution is 2.19. The smallest absolute Gasteiger partial charge is 0.329 e. The van der Waals surface area contributed by atoms with E-state index < -0.39 is 17.4 Å². The van der Waals surface area contributed by atoms with Gasteiger partial charge in [0.05, 0.1) is 19.9 Å². The average Bonchev–Trinajstić information content (AvgIpc) is 3.21. The molecule has 0 amide bonds. The quantitative estimate of drug-likeness (QED) is 0.237. The molecule has 0 aliphatic heterocycles. The second kappa shape index (κ2) is 10.5. The number of nitrogens with zero attached hydrogens (tertiary/aromatic N) is 4. The predicted octanol–water partition coefficient (Wildman–Crippen LogP) is 1.97. The lowest BCUT2D eigenvalue weighted by molar-refractivity contribution is 0.0938. The molecule has 2 heterocycles. The van der Waals surface area contributed by atoms with Crippen molar-refractivity contribution in [2.45, 2.75) is 12.6 Å². The fourth-order valence-electron chi connectivity index (χ4n) is 3.34. The molecule has 0 fully saturated rings. The van der Waals surface area contributed by atoms with Crippen LogP contribution < -0.4 is 26.1 Å². The van der Waals surface area contributed by atoms with Crippen LogP contribution in [0.3, 0.4) is 0 Å². The van der Waals surface area contributed by atoms with Crippen LogP contribution in [0, 0.1) is 0 Å². The van der Waals surface area contributed by atoms with Crippen molar-refractivity contribution in [1.29, 1.82) is 0 Å². The van der Waals surface area contributed by atoms with Gasteiger partial charge in [0.1, 0.15) is 24.2 Å². The van der Waals surface area contributed by atoms with E-state index in [-0.39, 0.29) is 30.3 Å². The van der Waals surface area contributed by atoms with Crippen molar-refractivity contribution in [2.75, 3.05) is 19.1 Å². The molecule has 35 heavy (non-hydrogen) atoms. The summed E-state index contributed by atoms with van der Waals surface area (Å²) in [4.78, 5) is 31.3. The van der Waals surface area contributed by atoms with Gasteiger partial charge in [-0.3, -0.25) is 14.3 Å². The molecule has 11 nitrogen and oxygen atoms in total. The Morgan fingerprint density at radius 3 is 2.54 bits per heavy atom. The number of aromatic amines is 1. The van der Waals surface area contributed by atoms with E-state index >= 15 is 0 Å². The van der Waals surface area contributed by atoms with Crippen molar-refractivity contribution in [3.63, 3.8) is 0 Å². The number of H-pyrrole nitrogens is 1. The van der Waals surface area contributed by atoms with Gasteiger partial charge in [-0.15, -0.1) is 0 Å². The second-order valence-corrected chi connectivity index (χ2v) is 8.03. The van der Waals surface area contributed by atoms with Crippen molar-refractivity contribution in [2.24, 2.45) is 12.1 Å². The monoisotopic (exact) mass is 498 g/mol. The first-order chi connectivity index (χ1) is 16.9. The summed E-state index contributed by atoms with van der Waals surface area (Å²) in [6.07, 6.45) is 0.541. The second-order valence-electron chi connectivity index (χ2n) is 7.60. The van der Waals surface area contributed by atoms with E-state index in [4.69, 9.17) is 21.1 Å². The molecule has 3 N–H and O–H groups in total. The number of hydrazone groups is 1. The maximum Gasteiger partial charge on any atom is 0.329 e. The summed E-state index contributed by atoms with van der Waals surface area (Å²) in [5.41, 5.74) is 2.59. The number of nitrogens with one attached hydrogen (secondary N) is 2. The molecule has 0 radical (unpaired) electrons. The number of fused-ring (bicyclic) bond motifs is 1. The lowest BCUT2D eigenvalue weighted by atomic mass is 10.2. The number of aryl methyl sites for hydroxylation is 1. The summed E-state index contributed by atoms with van der Waals surface area (Å²) < 4.78 is 13.4. The summed E-state index contributed by atoms with van der Waals surface area (Å²) >= 11 is 5.90. The Morgan fingerprint density at radius 2 is 1.86 bits per heavy atom. The van der Waals surface area contributed by atoms with Crippen LogP contribution in [0.1, 0.15) is 5.56 Å². The molecule has 0 bridgehead atoms. The first-order valence-corrected chi connectivity index (χ1v) is 10.9. The van der Waals surface area contributed by atoms with E-state index in [2.05, 4.69) is 20.5 Å². The van der Waals surface area contributed by atoms with Crippen LogP contribution in [0.2, 0.25) is 5.02 Å². The van der Waals surface area contributed by atoms with Crippen LogP contribution in [-0.2, 0) is 13.6 Å². The lowest BCUT2D eigenvalue weighted by Gasteiger charge is -2.15. The van der Waals surface area contributed by atoms with Gasteiger partial charge in [-0.2, -0.15) is 10.1 Å². The maximum absolute atomic E-state index is 12.6. The summed E-state index contributed by atoms with van der Waals surface area (Å²) in [6.45, 7) is -0.101. The largest absolute Gasteiger partial charge is 0.497 e. The Morgan fingerprint density at radius 1 is 1.17 bits per heavy atom. The Labute approximate surface area is 204 Å². The van der Waals surface area contributed by atoms with E-state index in [0.717, 1.165) is 5.56 Å². The zero-order valence-electron chi connectivity index (χ0n) is 18.9. The summed E-state index contributed by atoms with van der Waals surface area (Å²) in [6, 6.07) is 13.9. The molecule has 0 aliphatic rings. The van der Waals surface area contributed by atoms with Crippen molar-refractivity contribution >= 4 is 34.9 Å². The first-order valence-electron chi connectivity index (χ1n) is 10.5. The van der Waals surface area contributed by atoms with Gasteiger partial charge in [0.25, 0.3) is 5.56 Å². The topological polar surface area (TPSA) is 136 Å². The van der Waals surface area contributed by atoms with Gasteiger partial charge < -0.3 is 19.1 Å². The Bertz CT molecular complexity index is 1460. The molecular weight excluding hydrogens is 476 g/mol. The molecular formula is C23H23ClN6O5. The number of hydrogen-bond donors (Lipinski definition) is 3.